The van der Waals surface area contributed by atoms with Crippen LogP contribution in [0.2, 0.25) is 0 Å². The lowest BCUT2D eigenvalue weighted by molar-refractivity contribution is 0.586. The summed E-state index contributed by atoms with van der Waals surface area (Å²) in [6.45, 7) is 1.29. The van der Waals surface area contributed by atoms with Crippen molar-refractivity contribution in [2.24, 2.45) is 0 Å². The quantitative estimate of drug-likeness (QED) is 0.871. The van der Waals surface area contributed by atoms with E-state index < -0.39 is 11.6 Å². The van der Waals surface area contributed by atoms with E-state index in [0.717, 1.165) is 24.2 Å². The Hall–Kier alpha value is -1.62. The normalized spacial score (nSPS) is 12.9. The molecule has 0 aromatic heterocycles. The van der Waals surface area contributed by atoms with Crippen molar-refractivity contribution in [3.05, 3.63) is 57.6 Å². The van der Waals surface area contributed by atoms with Crippen LogP contribution in [-0.4, -0.2) is 6.54 Å². The Labute approximate surface area is 124 Å². The van der Waals surface area contributed by atoms with Gasteiger partial charge in [-0.25, -0.2) is 8.78 Å². The van der Waals surface area contributed by atoms with Crippen LogP contribution in [-0.2, 0) is 13.0 Å². The first-order valence-corrected chi connectivity index (χ1v) is 7.17. The summed E-state index contributed by atoms with van der Waals surface area (Å²) < 4.78 is 27.9. The highest BCUT2D eigenvalue weighted by atomic mass is 79.9. The molecule has 104 valence electrons. The van der Waals surface area contributed by atoms with Gasteiger partial charge in [-0.3, -0.25) is 0 Å². The smallest absolute Gasteiger partial charge is 0.150 e. The first kappa shape index (κ1) is 13.4. The van der Waals surface area contributed by atoms with Gasteiger partial charge in [0, 0.05) is 23.2 Å². The van der Waals surface area contributed by atoms with Crippen molar-refractivity contribution in [2.45, 2.75) is 13.0 Å². The minimum atomic E-state index is -0.600. The fourth-order valence-electron chi connectivity index (χ4n) is 2.45. The summed E-state index contributed by atoms with van der Waals surface area (Å²) in [4.78, 5) is 0. The van der Waals surface area contributed by atoms with Crippen LogP contribution in [0.4, 0.5) is 20.2 Å². The van der Waals surface area contributed by atoms with Crippen molar-refractivity contribution >= 4 is 27.3 Å². The van der Waals surface area contributed by atoms with E-state index in [1.54, 1.807) is 0 Å². The van der Waals surface area contributed by atoms with E-state index in [0.29, 0.717) is 11.0 Å². The molecule has 0 amide bonds. The van der Waals surface area contributed by atoms with Gasteiger partial charge in [0.05, 0.1) is 0 Å². The van der Waals surface area contributed by atoms with E-state index >= 15 is 0 Å². The molecule has 0 bridgehead atoms. The van der Waals surface area contributed by atoms with Crippen molar-refractivity contribution in [1.29, 1.82) is 0 Å². The van der Waals surface area contributed by atoms with Crippen LogP contribution in [0.5, 0.6) is 0 Å². The standard InChI is InChI=1S/C15H13BrF2N2/c16-11-6-12(17)15(13(18)7-11)20-8-10-3-1-2-9-4-5-19-14(9)10/h1-3,6-7,19-20H,4-5,8H2. The zero-order chi connectivity index (χ0) is 14.1. The molecule has 1 heterocycles. The maximum atomic E-state index is 13.7. The molecule has 0 radical (unpaired) electrons. The maximum absolute atomic E-state index is 13.7. The lowest BCUT2D eigenvalue weighted by Crippen LogP contribution is -2.06. The third-order valence-electron chi connectivity index (χ3n) is 3.40. The predicted octanol–water partition coefficient (Wildman–Crippen LogP) is 4.31. The lowest BCUT2D eigenvalue weighted by Gasteiger charge is -2.12. The van der Waals surface area contributed by atoms with E-state index in [2.05, 4.69) is 32.6 Å². The van der Waals surface area contributed by atoms with E-state index in [1.165, 1.54) is 17.7 Å². The van der Waals surface area contributed by atoms with Crippen LogP contribution >= 0.6 is 15.9 Å². The third kappa shape index (κ3) is 2.50. The van der Waals surface area contributed by atoms with Crippen LogP contribution in [0.1, 0.15) is 11.1 Å². The van der Waals surface area contributed by atoms with Crippen molar-refractivity contribution in [1.82, 2.24) is 0 Å². The molecule has 20 heavy (non-hydrogen) atoms. The second kappa shape index (κ2) is 5.40. The van der Waals surface area contributed by atoms with Gasteiger partial charge in [0.15, 0.2) is 0 Å². The van der Waals surface area contributed by atoms with E-state index in [-0.39, 0.29) is 5.69 Å². The van der Waals surface area contributed by atoms with Gasteiger partial charge in [-0.15, -0.1) is 0 Å². The maximum Gasteiger partial charge on any atom is 0.150 e. The molecular formula is C15H13BrF2N2. The second-order valence-corrected chi connectivity index (χ2v) is 5.64. The summed E-state index contributed by atoms with van der Waals surface area (Å²) in [5.74, 6) is -1.20. The highest BCUT2D eigenvalue weighted by Gasteiger charge is 2.15. The average Bonchev–Trinajstić information content (AvgIpc) is 2.86. The van der Waals surface area contributed by atoms with Crippen molar-refractivity contribution in [2.75, 3.05) is 17.2 Å². The Kier molecular flexibility index (Phi) is 3.61. The van der Waals surface area contributed by atoms with E-state index in [9.17, 15) is 8.78 Å². The SMILES string of the molecule is Fc1cc(Br)cc(F)c1NCc1cccc2c1NCC2. The summed E-state index contributed by atoms with van der Waals surface area (Å²) in [6.07, 6.45) is 0.990. The molecule has 0 saturated carbocycles. The van der Waals surface area contributed by atoms with Crippen molar-refractivity contribution in [3.63, 3.8) is 0 Å². The molecule has 0 fully saturated rings. The second-order valence-electron chi connectivity index (χ2n) is 4.73. The first-order valence-electron chi connectivity index (χ1n) is 6.38. The Morgan fingerprint density at radius 1 is 1.20 bits per heavy atom. The monoisotopic (exact) mass is 338 g/mol. The molecule has 3 rings (SSSR count). The molecule has 2 aromatic carbocycles. The number of hydrogen-bond acceptors (Lipinski definition) is 2. The largest absolute Gasteiger partial charge is 0.384 e. The lowest BCUT2D eigenvalue weighted by atomic mass is 10.1. The number of anilines is 2. The third-order valence-corrected chi connectivity index (χ3v) is 3.85. The fraction of sp³-hybridized carbons (Fsp3) is 0.200. The molecular weight excluding hydrogens is 326 g/mol. The average molecular weight is 339 g/mol. The molecule has 0 atom stereocenters. The Bertz CT molecular complexity index is 635. The van der Waals surface area contributed by atoms with Gasteiger partial charge in [-0.2, -0.15) is 0 Å². The molecule has 0 spiro atoms. The minimum Gasteiger partial charge on any atom is -0.384 e. The fourth-order valence-corrected chi connectivity index (χ4v) is 2.85. The summed E-state index contributed by atoms with van der Waals surface area (Å²) >= 11 is 3.07. The number of para-hydroxylation sites is 1. The topological polar surface area (TPSA) is 24.1 Å². The number of halogens is 3. The number of nitrogens with one attached hydrogen (secondary N) is 2. The highest BCUT2D eigenvalue weighted by Crippen LogP contribution is 2.28. The zero-order valence-corrected chi connectivity index (χ0v) is 12.2. The summed E-state index contributed by atoms with van der Waals surface area (Å²) in [5.41, 5.74) is 3.25. The van der Waals surface area contributed by atoms with Gasteiger partial charge in [-0.1, -0.05) is 34.1 Å². The highest BCUT2D eigenvalue weighted by molar-refractivity contribution is 9.10. The molecule has 2 N–H and O–H groups in total. The number of hydrogen-bond donors (Lipinski definition) is 2. The van der Waals surface area contributed by atoms with Crippen molar-refractivity contribution in [3.8, 4) is 0 Å². The van der Waals surface area contributed by atoms with Crippen LogP contribution < -0.4 is 10.6 Å². The number of benzene rings is 2. The Morgan fingerprint density at radius 3 is 2.70 bits per heavy atom. The van der Waals surface area contributed by atoms with Crippen LogP contribution in [0, 0.1) is 11.6 Å². The van der Waals surface area contributed by atoms with Gasteiger partial charge in [0.1, 0.15) is 17.3 Å². The van der Waals surface area contributed by atoms with Gasteiger partial charge >= 0.3 is 0 Å². The Balaban J connectivity index is 1.83. The molecule has 1 aliphatic rings. The predicted molar refractivity (Wildman–Crippen MR) is 80.0 cm³/mol. The number of fused-ring (bicyclic) bond motifs is 1. The molecule has 0 aliphatic carbocycles. The molecule has 2 nitrogen and oxygen atoms in total. The zero-order valence-electron chi connectivity index (χ0n) is 10.6. The van der Waals surface area contributed by atoms with Gasteiger partial charge in [0.2, 0.25) is 0 Å². The molecule has 2 aromatic rings. The summed E-state index contributed by atoms with van der Waals surface area (Å²) in [7, 11) is 0. The molecule has 1 aliphatic heterocycles. The number of rotatable bonds is 3. The summed E-state index contributed by atoms with van der Waals surface area (Å²) in [5, 5.41) is 6.15. The Morgan fingerprint density at radius 2 is 1.95 bits per heavy atom. The van der Waals surface area contributed by atoms with Crippen LogP contribution in [0.15, 0.2) is 34.8 Å². The van der Waals surface area contributed by atoms with Gasteiger partial charge in [-0.05, 0) is 29.7 Å². The summed E-state index contributed by atoms with van der Waals surface area (Å²) in [6, 6.07) is 8.49. The molecule has 5 heteroatoms. The van der Waals surface area contributed by atoms with Crippen molar-refractivity contribution < 1.29 is 8.78 Å². The van der Waals surface area contributed by atoms with E-state index in [1.807, 2.05) is 12.1 Å². The minimum absolute atomic E-state index is 0.0937. The van der Waals surface area contributed by atoms with Gasteiger partial charge < -0.3 is 10.6 Å². The van der Waals surface area contributed by atoms with Gasteiger partial charge in [0.25, 0.3) is 0 Å². The van der Waals surface area contributed by atoms with Crippen LogP contribution in [0.25, 0.3) is 0 Å². The molecule has 0 unspecified atom stereocenters. The first-order chi connectivity index (χ1) is 9.65. The van der Waals surface area contributed by atoms with E-state index in [4.69, 9.17) is 0 Å². The van der Waals surface area contributed by atoms with Crippen LogP contribution in [0.3, 0.4) is 0 Å². The molecule has 0 saturated heterocycles.